The van der Waals surface area contributed by atoms with Gasteiger partial charge in [-0.1, -0.05) is 19.4 Å². The van der Waals surface area contributed by atoms with E-state index in [0.29, 0.717) is 30.6 Å². The van der Waals surface area contributed by atoms with E-state index in [-0.39, 0.29) is 17.8 Å². The second-order valence-corrected chi connectivity index (χ2v) is 10.8. The molecule has 0 amide bonds. The van der Waals surface area contributed by atoms with Crippen LogP contribution < -0.4 is 0 Å². The normalized spacial score (nSPS) is 42.5. The predicted octanol–water partition coefficient (Wildman–Crippen LogP) is 3.74. The zero-order valence-corrected chi connectivity index (χ0v) is 19.2. The van der Waals surface area contributed by atoms with E-state index >= 15 is 0 Å². The van der Waals surface area contributed by atoms with E-state index in [0.717, 1.165) is 38.5 Å². The average molecular weight is 433 g/mol. The van der Waals surface area contributed by atoms with Gasteiger partial charge in [-0.2, -0.15) is 0 Å². The van der Waals surface area contributed by atoms with Crippen LogP contribution in [0, 0.1) is 28.6 Å². The first-order valence-corrected chi connectivity index (χ1v) is 11.8. The molecular formula is C25H36O6. The highest BCUT2D eigenvalue weighted by Crippen LogP contribution is 2.68. The summed E-state index contributed by atoms with van der Waals surface area (Å²) in [7, 11) is 0. The average Bonchev–Trinajstić information content (AvgIpc) is 2.97. The molecule has 0 saturated heterocycles. The van der Waals surface area contributed by atoms with Crippen molar-refractivity contribution in [3.8, 4) is 0 Å². The van der Waals surface area contributed by atoms with Crippen molar-refractivity contribution in [2.45, 2.75) is 90.8 Å². The summed E-state index contributed by atoms with van der Waals surface area (Å²) in [5.74, 6) is 0.657. The Morgan fingerprint density at radius 2 is 1.77 bits per heavy atom. The molecule has 0 aromatic carbocycles. The van der Waals surface area contributed by atoms with Crippen LogP contribution in [0.5, 0.6) is 0 Å². The fourth-order valence-corrected chi connectivity index (χ4v) is 7.80. The molecule has 3 fully saturated rings. The first kappa shape index (κ1) is 22.5. The van der Waals surface area contributed by atoms with E-state index < -0.39 is 29.1 Å². The zero-order chi connectivity index (χ0) is 22.6. The molecule has 1 N–H and O–H groups in total. The molecule has 0 radical (unpaired) electrons. The molecule has 4 rings (SSSR count). The van der Waals surface area contributed by atoms with Crippen molar-refractivity contribution in [1.82, 2.24) is 0 Å². The predicted molar refractivity (Wildman–Crippen MR) is 114 cm³/mol. The summed E-state index contributed by atoms with van der Waals surface area (Å²) in [6, 6.07) is 0. The number of esters is 2. The highest BCUT2D eigenvalue weighted by atomic mass is 16.6. The van der Waals surface area contributed by atoms with Gasteiger partial charge in [-0.25, -0.2) is 0 Å². The monoisotopic (exact) mass is 432 g/mol. The first-order chi connectivity index (χ1) is 14.5. The largest absolute Gasteiger partial charge is 0.462 e. The van der Waals surface area contributed by atoms with Gasteiger partial charge in [0.1, 0.15) is 12.2 Å². The summed E-state index contributed by atoms with van der Waals surface area (Å²) < 4.78 is 10.7. The number of allylic oxidation sites excluding steroid dienone is 1. The third kappa shape index (κ3) is 3.46. The third-order valence-electron chi connectivity index (χ3n) is 9.46. The first-order valence-electron chi connectivity index (χ1n) is 11.8. The number of fused-ring (bicyclic) bond motifs is 5. The molecule has 0 spiro atoms. The molecule has 0 heterocycles. The number of carbonyl (C=O) groups excluding carboxylic acids is 3. The Kier molecular flexibility index (Phi) is 5.60. The maximum absolute atomic E-state index is 12.0. The fraction of sp³-hybridized carbons (Fsp3) is 0.800. The van der Waals surface area contributed by atoms with Gasteiger partial charge in [-0.3, -0.25) is 14.4 Å². The molecule has 0 bridgehead atoms. The second-order valence-electron chi connectivity index (χ2n) is 10.8. The standard InChI is InChI=1S/C25H36O6/c1-15(26)30-14-22(31-16(2)27)25(29)12-9-21-19-6-5-17-13-18(28)7-10-23(17,3)20(19)8-11-24(21,25)4/h13,19-22,29H,5-12,14H2,1-4H3/t19-,20+,21+,22-,23-,24-,25+/m0/s1. The summed E-state index contributed by atoms with van der Waals surface area (Å²) in [6.07, 6.45) is 7.84. The van der Waals surface area contributed by atoms with Crippen LogP contribution in [0.15, 0.2) is 11.6 Å². The molecule has 3 saturated carbocycles. The van der Waals surface area contributed by atoms with Crippen LogP contribution in [0.2, 0.25) is 0 Å². The molecule has 4 aliphatic carbocycles. The van der Waals surface area contributed by atoms with Gasteiger partial charge in [-0.05, 0) is 74.2 Å². The lowest BCUT2D eigenvalue weighted by Crippen LogP contribution is -2.60. The molecule has 0 unspecified atom stereocenters. The molecule has 6 nitrogen and oxygen atoms in total. The van der Waals surface area contributed by atoms with Gasteiger partial charge >= 0.3 is 11.9 Å². The smallest absolute Gasteiger partial charge is 0.303 e. The van der Waals surface area contributed by atoms with Crippen molar-refractivity contribution < 1.29 is 29.0 Å². The lowest BCUT2D eigenvalue weighted by molar-refractivity contribution is -0.207. The van der Waals surface area contributed by atoms with E-state index in [1.54, 1.807) is 0 Å². The van der Waals surface area contributed by atoms with Crippen molar-refractivity contribution in [3.05, 3.63) is 11.6 Å². The summed E-state index contributed by atoms with van der Waals surface area (Å²) in [5, 5.41) is 12.0. The lowest BCUT2D eigenvalue weighted by atomic mass is 9.46. The van der Waals surface area contributed by atoms with Crippen LogP contribution in [0.3, 0.4) is 0 Å². The van der Waals surface area contributed by atoms with E-state index in [1.807, 2.05) is 6.08 Å². The van der Waals surface area contributed by atoms with E-state index in [1.165, 1.54) is 19.4 Å². The van der Waals surface area contributed by atoms with Crippen molar-refractivity contribution in [2.75, 3.05) is 6.61 Å². The van der Waals surface area contributed by atoms with E-state index in [4.69, 9.17) is 9.47 Å². The van der Waals surface area contributed by atoms with Gasteiger partial charge in [0, 0.05) is 25.7 Å². The van der Waals surface area contributed by atoms with Crippen LogP contribution in [0.4, 0.5) is 0 Å². The minimum Gasteiger partial charge on any atom is -0.462 e. The van der Waals surface area contributed by atoms with Gasteiger partial charge in [-0.15, -0.1) is 0 Å². The Balaban J connectivity index is 1.63. The van der Waals surface area contributed by atoms with Crippen LogP contribution >= 0.6 is 0 Å². The topological polar surface area (TPSA) is 89.9 Å². The van der Waals surface area contributed by atoms with Crippen LogP contribution in [0.1, 0.15) is 79.1 Å². The van der Waals surface area contributed by atoms with Crippen LogP contribution in [-0.4, -0.2) is 41.1 Å². The molecule has 0 aromatic heterocycles. The van der Waals surface area contributed by atoms with Gasteiger partial charge in [0.15, 0.2) is 11.9 Å². The van der Waals surface area contributed by atoms with E-state index in [2.05, 4.69) is 13.8 Å². The molecular weight excluding hydrogens is 396 g/mol. The van der Waals surface area contributed by atoms with Crippen LogP contribution in [0.25, 0.3) is 0 Å². The van der Waals surface area contributed by atoms with Crippen molar-refractivity contribution in [1.29, 1.82) is 0 Å². The maximum Gasteiger partial charge on any atom is 0.303 e. The Labute approximate surface area is 184 Å². The molecule has 6 heteroatoms. The second kappa shape index (κ2) is 7.72. The highest BCUT2D eigenvalue weighted by molar-refractivity contribution is 5.91. The zero-order valence-electron chi connectivity index (χ0n) is 19.2. The molecule has 4 aliphatic rings. The number of aliphatic hydroxyl groups is 1. The number of rotatable bonds is 4. The molecule has 172 valence electrons. The number of hydrogen-bond acceptors (Lipinski definition) is 6. The minimum atomic E-state index is -1.22. The van der Waals surface area contributed by atoms with Crippen molar-refractivity contribution >= 4 is 17.7 Å². The highest BCUT2D eigenvalue weighted by Gasteiger charge is 2.66. The lowest BCUT2D eigenvalue weighted by Gasteiger charge is -2.59. The molecule has 0 aliphatic heterocycles. The number of ether oxygens (including phenoxy) is 2. The quantitative estimate of drug-likeness (QED) is 0.681. The number of hydrogen-bond donors (Lipinski definition) is 1. The van der Waals surface area contributed by atoms with Crippen molar-refractivity contribution in [2.24, 2.45) is 28.6 Å². The van der Waals surface area contributed by atoms with Crippen LogP contribution in [-0.2, 0) is 23.9 Å². The van der Waals surface area contributed by atoms with Gasteiger partial charge in [0.25, 0.3) is 0 Å². The maximum atomic E-state index is 12.0. The third-order valence-corrected chi connectivity index (χ3v) is 9.46. The fourth-order valence-electron chi connectivity index (χ4n) is 7.80. The Hall–Kier alpha value is -1.69. The number of carbonyl (C=O) groups is 3. The molecule has 7 atom stereocenters. The Bertz CT molecular complexity index is 817. The summed E-state index contributed by atoms with van der Waals surface area (Å²) >= 11 is 0. The minimum absolute atomic E-state index is 0.0753. The van der Waals surface area contributed by atoms with Gasteiger partial charge in [0.2, 0.25) is 0 Å². The SMILES string of the molecule is CC(=O)OC[C@H](OC(C)=O)[C@]1(O)CC[C@@H]2[C@H]3CCC4=CC(=O)CC[C@]4(C)[C@@H]3CC[C@@]21C. The van der Waals surface area contributed by atoms with Gasteiger partial charge < -0.3 is 14.6 Å². The Morgan fingerprint density at radius 3 is 2.45 bits per heavy atom. The van der Waals surface area contributed by atoms with E-state index in [9.17, 15) is 19.5 Å². The summed E-state index contributed by atoms with van der Waals surface area (Å²) in [5.41, 5.74) is -0.222. The summed E-state index contributed by atoms with van der Waals surface area (Å²) in [6.45, 7) is 7.02. The van der Waals surface area contributed by atoms with Crippen molar-refractivity contribution in [3.63, 3.8) is 0 Å². The summed E-state index contributed by atoms with van der Waals surface area (Å²) in [4.78, 5) is 35.3. The Morgan fingerprint density at radius 1 is 1.06 bits per heavy atom. The van der Waals surface area contributed by atoms with Gasteiger partial charge in [0.05, 0.1) is 0 Å². The molecule has 31 heavy (non-hydrogen) atoms. The molecule has 0 aromatic rings. The number of ketones is 1.